The molecule has 1 atom stereocenters. The van der Waals surface area contributed by atoms with Crippen molar-refractivity contribution < 1.29 is 4.79 Å². The van der Waals surface area contributed by atoms with Gasteiger partial charge in [0.15, 0.2) is 0 Å². The minimum Gasteiger partial charge on any atom is -0.337 e. The van der Waals surface area contributed by atoms with Crippen molar-refractivity contribution in [2.45, 2.75) is 33.1 Å². The first kappa shape index (κ1) is 15.6. The van der Waals surface area contributed by atoms with Gasteiger partial charge in [-0.3, -0.25) is 9.58 Å². The lowest BCUT2D eigenvalue weighted by Gasteiger charge is -2.18. The lowest BCUT2D eigenvalue weighted by molar-refractivity contribution is 0.246. The molecule has 2 aromatic rings. The van der Waals surface area contributed by atoms with E-state index >= 15 is 0 Å². The third kappa shape index (κ3) is 2.83. The number of benzene rings is 1. The normalized spacial score (nSPS) is 16.5. The number of nitrogens with zero attached hydrogens (tertiary/aromatic N) is 3. The zero-order chi connectivity index (χ0) is 16.6. The Morgan fingerprint density at radius 2 is 2.09 bits per heavy atom. The van der Waals surface area contributed by atoms with Crippen molar-refractivity contribution in [3.05, 3.63) is 46.8 Å². The number of fused-ring (bicyclic) bond motifs is 1. The number of aryl methyl sites for hydroxylation is 2. The SMILES string of the molecule is Cc1nn(C)c(C)c1CCNC(=O)N1CC(C)c2ccccc21. The maximum Gasteiger partial charge on any atom is 0.321 e. The van der Waals surface area contributed by atoms with Gasteiger partial charge in [0.05, 0.1) is 5.69 Å². The molecule has 23 heavy (non-hydrogen) atoms. The van der Waals surface area contributed by atoms with E-state index in [-0.39, 0.29) is 6.03 Å². The van der Waals surface area contributed by atoms with E-state index in [2.05, 4.69) is 30.3 Å². The molecule has 1 aromatic carbocycles. The molecule has 5 nitrogen and oxygen atoms in total. The highest BCUT2D eigenvalue weighted by atomic mass is 16.2. The van der Waals surface area contributed by atoms with Crippen LogP contribution in [0.4, 0.5) is 10.5 Å². The zero-order valence-electron chi connectivity index (χ0n) is 14.3. The van der Waals surface area contributed by atoms with Crippen LogP contribution in [-0.4, -0.2) is 28.9 Å². The monoisotopic (exact) mass is 312 g/mol. The molecular formula is C18H24N4O. The van der Waals surface area contributed by atoms with E-state index in [1.807, 2.05) is 41.8 Å². The van der Waals surface area contributed by atoms with Gasteiger partial charge in [-0.2, -0.15) is 5.10 Å². The second-order valence-electron chi connectivity index (χ2n) is 6.33. The molecule has 0 fully saturated rings. The topological polar surface area (TPSA) is 50.2 Å². The molecule has 5 heteroatoms. The first-order chi connectivity index (χ1) is 11.0. The summed E-state index contributed by atoms with van der Waals surface area (Å²) in [6.07, 6.45) is 0.808. The predicted octanol–water partition coefficient (Wildman–Crippen LogP) is 2.91. The fourth-order valence-corrected chi connectivity index (χ4v) is 3.38. The largest absolute Gasteiger partial charge is 0.337 e. The first-order valence-corrected chi connectivity index (χ1v) is 8.12. The van der Waals surface area contributed by atoms with Crippen LogP contribution in [0.3, 0.4) is 0 Å². The molecule has 122 valence electrons. The lowest BCUT2D eigenvalue weighted by atomic mass is 10.0. The summed E-state index contributed by atoms with van der Waals surface area (Å²) in [5, 5.41) is 7.47. The fourth-order valence-electron chi connectivity index (χ4n) is 3.38. The molecule has 1 aliphatic rings. The van der Waals surface area contributed by atoms with E-state index in [0.717, 1.165) is 30.0 Å². The second-order valence-corrected chi connectivity index (χ2v) is 6.33. The summed E-state index contributed by atoms with van der Waals surface area (Å²) in [6.45, 7) is 7.61. The van der Waals surface area contributed by atoms with Gasteiger partial charge < -0.3 is 5.32 Å². The number of amides is 2. The summed E-state index contributed by atoms with van der Waals surface area (Å²) in [5.74, 6) is 0.389. The number of hydrogen-bond donors (Lipinski definition) is 1. The highest BCUT2D eigenvalue weighted by Gasteiger charge is 2.29. The molecule has 1 aromatic heterocycles. The van der Waals surface area contributed by atoms with E-state index in [1.165, 1.54) is 11.1 Å². The maximum absolute atomic E-state index is 12.5. The van der Waals surface area contributed by atoms with Crippen molar-refractivity contribution in [2.75, 3.05) is 18.0 Å². The first-order valence-electron chi connectivity index (χ1n) is 8.12. The smallest absolute Gasteiger partial charge is 0.321 e. The summed E-state index contributed by atoms with van der Waals surface area (Å²) in [7, 11) is 1.95. The maximum atomic E-state index is 12.5. The molecular weight excluding hydrogens is 288 g/mol. The van der Waals surface area contributed by atoms with E-state index in [0.29, 0.717) is 12.5 Å². The number of rotatable bonds is 3. The van der Waals surface area contributed by atoms with Crippen molar-refractivity contribution in [1.82, 2.24) is 15.1 Å². The minimum absolute atomic E-state index is 0.0130. The average Bonchev–Trinajstić information content (AvgIpc) is 2.99. The van der Waals surface area contributed by atoms with Gasteiger partial charge in [-0.15, -0.1) is 0 Å². The number of anilines is 1. The van der Waals surface area contributed by atoms with Gasteiger partial charge in [0, 0.05) is 37.4 Å². The number of carbonyl (C=O) groups excluding carboxylic acids is 1. The van der Waals surface area contributed by atoms with Crippen LogP contribution >= 0.6 is 0 Å². The molecule has 0 aliphatic carbocycles. The fraction of sp³-hybridized carbons (Fsp3) is 0.444. The highest BCUT2D eigenvalue weighted by molar-refractivity contribution is 5.94. The molecule has 0 bridgehead atoms. The Bertz CT molecular complexity index is 735. The number of para-hydroxylation sites is 1. The molecule has 1 N–H and O–H groups in total. The van der Waals surface area contributed by atoms with Gasteiger partial charge in [0.1, 0.15) is 0 Å². The Morgan fingerprint density at radius 1 is 1.35 bits per heavy atom. The number of nitrogens with one attached hydrogen (secondary N) is 1. The van der Waals surface area contributed by atoms with Crippen molar-refractivity contribution in [3.8, 4) is 0 Å². The summed E-state index contributed by atoms with van der Waals surface area (Å²) >= 11 is 0. The van der Waals surface area contributed by atoms with E-state index < -0.39 is 0 Å². The number of aromatic nitrogens is 2. The molecule has 0 saturated heterocycles. The Morgan fingerprint density at radius 3 is 2.78 bits per heavy atom. The summed E-state index contributed by atoms with van der Waals surface area (Å²) in [5.41, 5.74) is 5.71. The zero-order valence-corrected chi connectivity index (χ0v) is 14.3. The predicted molar refractivity (Wildman–Crippen MR) is 92.0 cm³/mol. The van der Waals surface area contributed by atoms with Crippen LogP contribution in [0.25, 0.3) is 0 Å². The Hall–Kier alpha value is -2.30. The molecule has 0 spiro atoms. The van der Waals surface area contributed by atoms with Crippen LogP contribution < -0.4 is 10.2 Å². The van der Waals surface area contributed by atoms with Gasteiger partial charge in [0.2, 0.25) is 0 Å². The van der Waals surface area contributed by atoms with Crippen molar-refractivity contribution >= 4 is 11.7 Å². The summed E-state index contributed by atoms with van der Waals surface area (Å²) < 4.78 is 1.89. The highest BCUT2D eigenvalue weighted by Crippen LogP contribution is 2.35. The minimum atomic E-state index is -0.0130. The van der Waals surface area contributed by atoms with Gasteiger partial charge in [-0.25, -0.2) is 4.79 Å². The Labute approximate surface area is 137 Å². The van der Waals surface area contributed by atoms with Gasteiger partial charge >= 0.3 is 6.03 Å². The van der Waals surface area contributed by atoms with Crippen LogP contribution in [0.2, 0.25) is 0 Å². The Balaban J connectivity index is 1.63. The molecule has 2 amide bonds. The number of hydrogen-bond acceptors (Lipinski definition) is 2. The van der Waals surface area contributed by atoms with E-state index in [9.17, 15) is 4.79 Å². The van der Waals surface area contributed by atoms with Gasteiger partial charge in [0.25, 0.3) is 0 Å². The van der Waals surface area contributed by atoms with E-state index in [4.69, 9.17) is 0 Å². The quantitative estimate of drug-likeness (QED) is 0.947. The third-order valence-electron chi connectivity index (χ3n) is 4.77. The second kappa shape index (κ2) is 6.07. The lowest BCUT2D eigenvalue weighted by Crippen LogP contribution is -2.40. The third-order valence-corrected chi connectivity index (χ3v) is 4.77. The van der Waals surface area contributed by atoms with Crippen molar-refractivity contribution in [1.29, 1.82) is 0 Å². The van der Waals surface area contributed by atoms with Crippen LogP contribution in [0.5, 0.6) is 0 Å². The van der Waals surface area contributed by atoms with Gasteiger partial charge in [-0.05, 0) is 37.5 Å². The van der Waals surface area contributed by atoms with E-state index in [1.54, 1.807) is 0 Å². The Kier molecular flexibility index (Phi) is 4.11. The van der Waals surface area contributed by atoms with Crippen molar-refractivity contribution in [2.24, 2.45) is 7.05 Å². The molecule has 3 rings (SSSR count). The van der Waals surface area contributed by atoms with Crippen LogP contribution in [0, 0.1) is 13.8 Å². The van der Waals surface area contributed by atoms with Crippen LogP contribution in [0.15, 0.2) is 24.3 Å². The average molecular weight is 312 g/mol. The van der Waals surface area contributed by atoms with Crippen LogP contribution in [-0.2, 0) is 13.5 Å². The molecule has 0 radical (unpaired) electrons. The summed E-state index contributed by atoms with van der Waals surface area (Å²) in [6, 6.07) is 8.13. The molecule has 2 heterocycles. The molecule has 0 saturated carbocycles. The number of carbonyl (C=O) groups is 1. The standard InChI is InChI=1S/C18H24N4O/c1-12-11-22(17-8-6-5-7-15(12)17)18(23)19-10-9-16-13(2)20-21(4)14(16)3/h5-8,12H,9-11H2,1-4H3,(H,19,23). The molecule has 1 unspecified atom stereocenters. The van der Waals surface area contributed by atoms with Crippen LogP contribution in [0.1, 0.15) is 35.4 Å². The van der Waals surface area contributed by atoms with Gasteiger partial charge in [-0.1, -0.05) is 25.1 Å². The molecule has 1 aliphatic heterocycles. The van der Waals surface area contributed by atoms with Crippen molar-refractivity contribution in [3.63, 3.8) is 0 Å². The summed E-state index contributed by atoms with van der Waals surface area (Å²) in [4.78, 5) is 14.4. The number of urea groups is 1.